The molecule has 3 aromatic rings. The lowest BCUT2D eigenvalue weighted by molar-refractivity contribution is 0.0470. The predicted molar refractivity (Wildman–Crippen MR) is 99.9 cm³/mol. The Morgan fingerprint density at radius 2 is 1.62 bits per heavy atom. The zero-order chi connectivity index (χ0) is 18.5. The minimum absolute atomic E-state index is 0.308. The molecule has 0 aliphatic carbocycles. The van der Waals surface area contributed by atoms with Crippen molar-refractivity contribution in [3.63, 3.8) is 0 Å². The van der Waals surface area contributed by atoms with Gasteiger partial charge in [-0.1, -0.05) is 46.9 Å². The van der Waals surface area contributed by atoms with E-state index in [2.05, 4.69) is 4.98 Å². The zero-order valence-corrected chi connectivity index (χ0v) is 15.5. The summed E-state index contributed by atoms with van der Waals surface area (Å²) in [5.74, 6) is 0.308. The first-order chi connectivity index (χ1) is 12.5. The van der Waals surface area contributed by atoms with Crippen molar-refractivity contribution in [2.45, 2.75) is 11.6 Å². The van der Waals surface area contributed by atoms with Crippen LogP contribution in [0.2, 0.25) is 10.0 Å². The Morgan fingerprint density at radius 1 is 1.00 bits per heavy atom. The topological polar surface area (TPSA) is 53.4 Å². The first kappa shape index (κ1) is 18.6. The molecule has 8 heteroatoms. The van der Waals surface area contributed by atoms with Gasteiger partial charge in [-0.15, -0.1) is 0 Å². The van der Waals surface area contributed by atoms with Crippen LogP contribution < -0.4 is 4.74 Å². The molecule has 1 aromatic heterocycles. The molecule has 1 heterocycles. The molecule has 2 unspecified atom stereocenters. The SMILES string of the molecule is O=C(Oc1ccc(Cl)cc1)OC(c1ccc(Cl)cc1)C(Cl)n1ccnc1. The fraction of sp³-hybridized carbons (Fsp3) is 0.111. The summed E-state index contributed by atoms with van der Waals surface area (Å²) in [4.78, 5) is 16.2. The van der Waals surface area contributed by atoms with Crippen molar-refractivity contribution in [3.05, 3.63) is 82.9 Å². The van der Waals surface area contributed by atoms with Crippen LogP contribution in [0.3, 0.4) is 0 Å². The number of aromatic nitrogens is 2. The summed E-state index contributed by atoms with van der Waals surface area (Å²) in [5, 5.41) is 1.09. The monoisotopic (exact) mass is 410 g/mol. The van der Waals surface area contributed by atoms with E-state index in [-0.39, 0.29) is 0 Å². The van der Waals surface area contributed by atoms with Crippen LogP contribution in [-0.2, 0) is 4.74 Å². The maximum Gasteiger partial charge on any atom is 0.514 e. The first-order valence-electron chi connectivity index (χ1n) is 7.54. The van der Waals surface area contributed by atoms with Crippen molar-refractivity contribution in [1.29, 1.82) is 0 Å². The number of hydrogen-bond donors (Lipinski definition) is 0. The fourth-order valence-electron chi connectivity index (χ4n) is 2.23. The molecule has 2 aromatic carbocycles. The van der Waals surface area contributed by atoms with Gasteiger partial charge in [-0.25, -0.2) is 9.78 Å². The van der Waals surface area contributed by atoms with E-state index >= 15 is 0 Å². The largest absolute Gasteiger partial charge is 0.514 e. The molecule has 5 nitrogen and oxygen atoms in total. The second kappa shape index (κ2) is 8.45. The lowest BCUT2D eigenvalue weighted by Gasteiger charge is -2.23. The maximum atomic E-state index is 12.2. The van der Waals surface area contributed by atoms with Crippen molar-refractivity contribution < 1.29 is 14.3 Å². The minimum atomic E-state index is -0.891. The van der Waals surface area contributed by atoms with Gasteiger partial charge in [0.05, 0.1) is 6.33 Å². The normalized spacial score (nSPS) is 13.0. The van der Waals surface area contributed by atoms with Gasteiger partial charge in [0.15, 0.2) is 11.6 Å². The van der Waals surface area contributed by atoms with Gasteiger partial charge < -0.3 is 14.0 Å². The number of rotatable bonds is 5. The van der Waals surface area contributed by atoms with Crippen molar-refractivity contribution in [3.8, 4) is 5.75 Å². The van der Waals surface area contributed by atoms with E-state index in [1.165, 1.54) is 6.33 Å². The van der Waals surface area contributed by atoms with Gasteiger partial charge in [0.25, 0.3) is 0 Å². The van der Waals surface area contributed by atoms with E-state index in [9.17, 15) is 4.79 Å². The molecular weight excluding hydrogens is 399 g/mol. The molecule has 0 saturated carbocycles. The van der Waals surface area contributed by atoms with Crippen LogP contribution in [0.4, 0.5) is 4.79 Å². The molecule has 0 saturated heterocycles. The number of hydrogen-bond acceptors (Lipinski definition) is 4. The summed E-state index contributed by atoms with van der Waals surface area (Å²) in [5.41, 5.74) is -0.0624. The van der Waals surface area contributed by atoms with Gasteiger partial charge in [0.2, 0.25) is 0 Å². The molecular formula is C18H13Cl3N2O3. The maximum absolute atomic E-state index is 12.2. The summed E-state index contributed by atoms with van der Waals surface area (Å²) in [6.45, 7) is 0. The van der Waals surface area contributed by atoms with Gasteiger partial charge in [-0.3, -0.25) is 0 Å². The van der Waals surface area contributed by atoms with Crippen LogP contribution >= 0.6 is 34.8 Å². The molecule has 0 spiro atoms. The van der Waals surface area contributed by atoms with Crippen LogP contribution in [0.1, 0.15) is 17.2 Å². The molecule has 0 N–H and O–H groups in total. The summed E-state index contributed by atoms with van der Waals surface area (Å²) in [7, 11) is 0. The van der Waals surface area contributed by atoms with Gasteiger partial charge in [0, 0.05) is 22.4 Å². The van der Waals surface area contributed by atoms with Gasteiger partial charge >= 0.3 is 6.16 Å². The Hall–Kier alpha value is -2.21. The van der Waals surface area contributed by atoms with Crippen molar-refractivity contribution in [1.82, 2.24) is 9.55 Å². The van der Waals surface area contributed by atoms with E-state index in [4.69, 9.17) is 44.3 Å². The van der Waals surface area contributed by atoms with Gasteiger partial charge in [-0.2, -0.15) is 0 Å². The quantitative estimate of drug-likeness (QED) is 0.299. The van der Waals surface area contributed by atoms with Crippen LogP contribution in [0.15, 0.2) is 67.3 Å². The van der Waals surface area contributed by atoms with Crippen LogP contribution in [0, 0.1) is 0 Å². The Bertz CT molecular complexity index is 852. The summed E-state index contributed by atoms with van der Waals surface area (Å²) in [6.07, 6.45) is 3.09. The molecule has 0 radical (unpaired) electrons. The molecule has 3 rings (SSSR count). The second-order valence-electron chi connectivity index (χ2n) is 5.28. The fourth-order valence-corrected chi connectivity index (χ4v) is 2.80. The molecule has 26 heavy (non-hydrogen) atoms. The molecule has 0 bridgehead atoms. The molecule has 0 amide bonds. The van der Waals surface area contributed by atoms with E-state index in [0.29, 0.717) is 21.4 Å². The summed E-state index contributed by atoms with van der Waals surface area (Å²) >= 11 is 18.2. The number of carbonyl (C=O) groups excluding carboxylic acids is 1. The number of halogens is 3. The van der Waals surface area contributed by atoms with Crippen LogP contribution in [-0.4, -0.2) is 15.7 Å². The van der Waals surface area contributed by atoms with E-state index in [0.717, 1.165) is 0 Å². The number of imidazole rings is 1. The number of ether oxygens (including phenoxy) is 2. The highest BCUT2D eigenvalue weighted by atomic mass is 35.5. The number of nitrogens with zero attached hydrogens (tertiary/aromatic N) is 2. The molecule has 2 atom stereocenters. The van der Waals surface area contributed by atoms with E-state index in [1.54, 1.807) is 65.5 Å². The van der Waals surface area contributed by atoms with E-state index < -0.39 is 17.8 Å². The predicted octanol–water partition coefficient (Wildman–Crippen LogP) is 5.88. The van der Waals surface area contributed by atoms with Crippen LogP contribution in [0.25, 0.3) is 0 Å². The van der Waals surface area contributed by atoms with Gasteiger partial charge in [-0.05, 0) is 42.0 Å². The average molecular weight is 412 g/mol. The van der Waals surface area contributed by atoms with E-state index in [1.807, 2.05) is 0 Å². The molecule has 134 valence electrons. The third kappa shape index (κ3) is 4.69. The lowest BCUT2D eigenvalue weighted by Crippen LogP contribution is -2.21. The summed E-state index contributed by atoms with van der Waals surface area (Å²) in [6, 6.07) is 13.2. The minimum Gasteiger partial charge on any atom is -0.422 e. The number of alkyl halides is 1. The Balaban J connectivity index is 1.79. The highest BCUT2D eigenvalue weighted by Gasteiger charge is 2.27. The van der Waals surface area contributed by atoms with Gasteiger partial charge in [0.1, 0.15) is 5.75 Å². The molecule has 0 aliphatic rings. The smallest absolute Gasteiger partial charge is 0.422 e. The Morgan fingerprint density at radius 3 is 2.19 bits per heavy atom. The summed E-state index contributed by atoms with van der Waals surface area (Å²) < 4.78 is 12.3. The number of benzene rings is 2. The number of carbonyl (C=O) groups is 1. The molecule has 0 fully saturated rings. The van der Waals surface area contributed by atoms with Crippen molar-refractivity contribution in [2.24, 2.45) is 0 Å². The zero-order valence-electron chi connectivity index (χ0n) is 13.3. The standard InChI is InChI=1S/C18H13Cl3N2O3/c19-13-3-1-12(2-4-13)16(17(21)23-10-9-22-11-23)26-18(24)25-15-7-5-14(20)6-8-15/h1-11,16-17H. The second-order valence-corrected chi connectivity index (χ2v) is 6.60. The molecule has 0 aliphatic heterocycles. The Labute approximate surface area is 165 Å². The first-order valence-corrected chi connectivity index (χ1v) is 8.73. The third-order valence-electron chi connectivity index (χ3n) is 3.50. The van der Waals surface area contributed by atoms with Crippen LogP contribution in [0.5, 0.6) is 5.75 Å². The highest BCUT2D eigenvalue weighted by Crippen LogP contribution is 2.34. The Kier molecular flexibility index (Phi) is 6.04. The van der Waals surface area contributed by atoms with Crippen molar-refractivity contribution >= 4 is 41.0 Å². The van der Waals surface area contributed by atoms with Crippen molar-refractivity contribution in [2.75, 3.05) is 0 Å². The average Bonchev–Trinajstić information content (AvgIpc) is 3.17. The highest BCUT2D eigenvalue weighted by molar-refractivity contribution is 6.30. The third-order valence-corrected chi connectivity index (χ3v) is 4.45. The lowest BCUT2D eigenvalue weighted by atomic mass is 10.1.